The van der Waals surface area contributed by atoms with E-state index < -0.39 is 0 Å². The fourth-order valence-electron chi connectivity index (χ4n) is 2.64. The lowest BCUT2D eigenvalue weighted by atomic mass is 10.0. The Morgan fingerprint density at radius 2 is 1.86 bits per heavy atom. The van der Waals surface area contributed by atoms with Crippen LogP contribution in [0.25, 0.3) is 0 Å². The zero-order valence-electron chi connectivity index (χ0n) is 13.1. The van der Waals surface area contributed by atoms with Crippen molar-refractivity contribution >= 4 is 11.7 Å². The monoisotopic (exact) mass is 292 g/mol. The molecular weight excluding hydrogens is 268 g/mol. The highest BCUT2D eigenvalue weighted by Gasteiger charge is 2.25. The largest absolute Gasteiger partial charge is 0.480 e. The summed E-state index contributed by atoms with van der Waals surface area (Å²) in [6.07, 6.45) is 1.83. The Kier molecular flexibility index (Phi) is 5.36. The quantitative estimate of drug-likeness (QED) is 0.824. The molecule has 1 amide bonds. The Hall–Kier alpha value is -1.85. The summed E-state index contributed by atoms with van der Waals surface area (Å²) in [5.41, 5.74) is 0. The van der Waals surface area contributed by atoms with E-state index in [1.165, 1.54) is 0 Å². The first-order valence-corrected chi connectivity index (χ1v) is 7.61. The van der Waals surface area contributed by atoms with E-state index in [2.05, 4.69) is 28.9 Å². The van der Waals surface area contributed by atoms with Crippen LogP contribution < -0.4 is 9.64 Å². The first kappa shape index (κ1) is 15.5. The van der Waals surface area contributed by atoms with Crippen molar-refractivity contribution in [1.29, 1.82) is 0 Å². The summed E-state index contributed by atoms with van der Waals surface area (Å²) in [4.78, 5) is 16.5. The Bertz CT molecular complexity index is 451. The highest BCUT2D eigenvalue weighted by molar-refractivity contribution is 5.79. The molecule has 0 saturated carbocycles. The highest BCUT2D eigenvalue weighted by atomic mass is 16.5. The van der Waals surface area contributed by atoms with Gasteiger partial charge < -0.3 is 14.5 Å². The molecule has 0 spiro atoms. The molecule has 116 valence electrons. The van der Waals surface area contributed by atoms with Gasteiger partial charge in [0, 0.05) is 38.2 Å². The third-order valence-corrected chi connectivity index (χ3v) is 4.09. The molecule has 0 aliphatic carbocycles. The second kappa shape index (κ2) is 7.24. The van der Waals surface area contributed by atoms with Gasteiger partial charge in [0.2, 0.25) is 11.8 Å². The van der Waals surface area contributed by atoms with Gasteiger partial charge in [-0.25, -0.2) is 0 Å². The van der Waals surface area contributed by atoms with Crippen LogP contribution in [0.2, 0.25) is 0 Å². The fourth-order valence-corrected chi connectivity index (χ4v) is 2.64. The van der Waals surface area contributed by atoms with Crippen LogP contribution in [-0.4, -0.2) is 54.3 Å². The van der Waals surface area contributed by atoms with Gasteiger partial charge in [-0.15, -0.1) is 10.2 Å². The molecule has 1 fully saturated rings. The van der Waals surface area contributed by atoms with E-state index >= 15 is 0 Å². The maximum atomic E-state index is 12.3. The number of aromatic nitrogens is 2. The molecule has 6 heteroatoms. The summed E-state index contributed by atoms with van der Waals surface area (Å²) >= 11 is 0. The summed E-state index contributed by atoms with van der Waals surface area (Å²) in [7, 11) is 1.58. The number of carbonyl (C=O) groups excluding carboxylic acids is 1. The predicted molar refractivity (Wildman–Crippen MR) is 81.4 cm³/mol. The van der Waals surface area contributed by atoms with Crippen LogP contribution in [0.15, 0.2) is 12.1 Å². The molecule has 1 aromatic heterocycles. The summed E-state index contributed by atoms with van der Waals surface area (Å²) < 4.78 is 5.01. The topological polar surface area (TPSA) is 58.6 Å². The second-order valence-electron chi connectivity index (χ2n) is 5.26. The van der Waals surface area contributed by atoms with Crippen molar-refractivity contribution in [2.45, 2.75) is 26.7 Å². The minimum absolute atomic E-state index is 0.164. The van der Waals surface area contributed by atoms with Crippen molar-refractivity contribution in [2.75, 3.05) is 38.2 Å². The van der Waals surface area contributed by atoms with Gasteiger partial charge in [-0.3, -0.25) is 4.79 Å². The number of piperazine rings is 1. The van der Waals surface area contributed by atoms with Crippen LogP contribution >= 0.6 is 0 Å². The van der Waals surface area contributed by atoms with Crippen LogP contribution in [0.5, 0.6) is 5.88 Å². The zero-order chi connectivity index (χ0) is 15.2. The fraction of sp³-hybridized carbons (Fsp3) is 0.667. The number of methoxy groups -OCH3 is 1. The molecule has 2 heterocycles. The van der Waals surface area contributed by atoms with Gasteiger partial charge in [-0.05, 0) is 18.9 Å². The number of hydrogen-bond acceptors (Lipinski definition) is 5. The SMILES string of the molecule is CCC(CC)C(=O)N1CCN(c2ccc(OC)nn2)CC1. The highest BCUT2D eigenvalue weighted by Crippen LogP contribution is 2.17. The lowest BCUT2D eigenvalue weighted by Gasteiger charge is -2.36. The van der Waals surface area contributed by atoms with Gasteiger partial charge in [0.15, 0.2) is 5.82 Å². The minimum Gasteiger partial charge on any atom is -0.480 e. The van der Waals surface area contributed by atoms with Gasteiger partial charge in [0.1, 0.15) is 0 Å². The molecule has 0 unspecified atom stereocenters. The molecule has 21 heavy (non-hydrogen) atoms. The van der Waals surface area contributed by atoms with Crippen LogP contribution in [0.3, 0.4) is 0 Å². The van der Waals surface area contributed by atoms with E-state index in [4.69, 9.17) is 4.74 Å². The Labute approximate surface area is 126 Å². The molecule has 0 atom stereocenters. The third-order valence-electron chi connectivity index (χ3n) is 4.09. The smallest absolute Gasteiger partial charge is 0.233 e. The molecule has 1 saturated heterocycles. The van der Waals surface area contributed by atoms with Crippen LogP contribution in [0, 0.1) is 5.92 Å². The number of hydrogen-bond donors (Lipinski definition) is 0. The van der Waals surface area contributed by atoms with E-state index in [0.29, 0.717) is 11.8 Å². The average molecular weight is 292 g/mol. The van der Waals surface area contributed by atoms with E-state index in [1.807, 2.05) is 17.0 Å². The van der Waals surface area contributed by atoms with Gasteiger partial charge in [-0.2, -0.15) is 0 Å². The van der Waals surface area contributed by atoms with E-state index in [-0.39, 0.29) is 5.92 Å². The summed E-state index contributed by atoms with van der Waals surface area (Å²) in [6.45, 7) is 7.26. The summed E-state index contributed by atoms with van der Waals surface area (Å²) in [5.74, 6) is 1.81. The van der Waals surface area contributed by atoms with Gasteiger partial charge in [0.25, 0.3) is 0 Å². The van der Waals surface area contributed by atoms with Crippen molar-refractivity contribution in [3.63, 3.8) is 0 Å². The van der Waals surface area contributed by atoms with Gasteiger partial charge in [-0.1, -0.05) is 13.8 Å². The number of anilines is 1. The van der Waals surface area contributed by atoms with Crippen molar-refractivity contribution in [3.8, 4) is 5.88 Å². The van der Waals surface area contributed by atoms with Crippen molar-refractivity contribution in [2.24, 2.45) is 5.92 Å². The molecule has 2 rings (SSSR count). The van der Waals surface area contributed by atoms with E-state index in [9.17, 15) is 4.79 Å². The third kappa shape index (κ3) is 3.62. The van der Waals surface area contributed by atoms with Crippen molar-refractivity contribution in [3.05, 3.63) is 12.1 Å². The number of ether oxygens (including phenoxy) is 1. The zero-order valence-corrected chi connectivity index (χ0v) is 13.1. The molecule has 1 aromatic rings. The van der Waals surface area contributed by atoms with Crippen molar-refractivity contribution < 1.29 is 9.53 Å². The molecule has 1 aliphatic heterocycles. The number of nitrogens with zero attached hydrogens (tertiary/aromatic N) is 4. The molecule has 0 bridgehead atoms. The molecule has 1 aliphatic rings. The summed E-state index contributed by atoms with van der Waals surface area (Å²) in [6, 6.07) is 3.72. The molecule has 0 aromatic carbocycles. The van der Waals surface area contributed by atoms with E-state index in [0.717, 1.165) is 44.8 Å². The van der Waals surface area contributed by atoms with Gasteiger partial charge in [0.05, 0.1) is 7.11 Å². The average Bonchev–Trinajstić information content (AvgIpc) is 2.56. The normalized spacial score (nSPS) is 15.4. The van der Waals surface area contributed by atoms with Crippen LogP contribution in [0.1, 0.15) is 26.7 Å². The lowest BCUT2D eigenvalue weighted by molar-refractivity contribution is -0.136. The minimum atomic E-state index is 0.164. The van der Waals surface area contributed by atoms with Crippen molar-refractivity contribution in [1.82, 2.24) is 15.1 Å². The first-order chi connectivity index (χ1) is 10.2. The van der Waals surface area contributed by atoms with Crippen LogP contribution in [0.4, 0.5) is 5.82 Å². The number of rotatable bonds is 5. The Balaban J connectivity index is 1.91. The maximum Gasteiger partial charge on any atom is 0.233 e. The number of carbonyl (C=O) groups is 1. The standard InChI is InChI=1S/C15H24N4O2/c1-4-12(5-2)15(20)19-10-8-18(9-11-19)13-6-7-14(21-3)17-16-13/h6-7,12H,4-5,8-11H2,1-3H3. The molecular formula is C15H24N4O2. The first-order valence-electron chi connectivity index (χ1n) is 7.61. The molecule has 0 radical (unpaired) electrons. The molecule has 0 N–H and O–H groups in total. The summed E-state index contributed by atoms with van der Waals surface area (Å²) in [5, 5.41) is 8.14. The van der Waals surface area contributed by atoms with Gasteiger partial charge >= 0.3 is 0 Å². The van der Waals surface area contributed by atoms with E-state index in [1.54, 1.807) is 7.11 Å². The molecule has 6 nitrogen and oxygen atoms in total. The Morgan fingerprint density at radius 1 is 1.19 bits per heavy atom. The second-order valence-corrected chi connectivity index (χ2v) is 5.26. The lowest BCUT2D eigenvalue weighted by Crippen LogP contribution is -2.50. The Morgan fingerprint density at radius 3 is 2.33 bits per heavy atom. The van der Waals surface area contributed by atoms with Crippen LogP contribution in [-0.2, 0) is 4.79 Å². The number of amides is 1. The maximum absolute atomic E-state index is 12.3. The predicted octanol–water partition coefficient (Wildman–Crippen LogP) is 1.57.